The van der Waals surface area contributed by atoms with Crippen molar-refractivity contribution in [3.05, 3.63) is 33.6 Å². The van der Waals surface area contributed by atoms with Gasteiger partial charge in [-0.3, -0.25) is 0 Å². The van der Waals surface area contributed by atoms with Crippen LogP contribution < -0.4 is 5.32 Å². The molecule has 0 fully saturated rings. The topological polar surface area (TPSA) is 32.3 Å². The Morgan fingerprint density at radius 2 is 1.94 bits per heavy atom. The molecule has 18 heavy (non-hydrogen) atoms. The summed E-state index contributed by atoms with van der Waals surface area (Å²) in [7, 11) is 0. The van der Waals surface area contributed by atoms with Crippen molar-refractivity contribution in [1.82, 2.24) is 5.32 Å². The molecular formula is C13H18Cl2FNO. The summed E-state index contributed by atoms with van der Waals surface area (Å²) in [5, 5.41) is 12.8. The molecule has 1 aromatic rings. The number of benzene rings is 1. The lowest BCUT2D eigenvalue weighted by molar-refractivity contribution is 0.154. The molecule has 5 heteroatoms. The van der Waals surface area contributed by atoms with E-state index in [1.54, 1.807) is 0 Å². The first-order valence-electron chi connectivity index (χ1n) is 5.75. The van der Waals surface area contributed by atoms with Crippen LogP contribution in [0.5, 0.6) is 0 Å². The number of nitrogens with one attached hydrogen (secondary N) is 1. The molecular weight excluding hydrogens is 276 g/mol. The highest BCUT2D eigenvalue weighted by atomic mass is 35.5. The average Bonchev–Trinajstić information content (AvgIpc) is 2.31. The van der Waals surface area contributed by atoms with Crippen LogP contribution in [-0.4, -0.2) is 18.3 Å². The third-order valence-electron chi connectivity index (χ3n) is 2.82. The van der Waals surface area contributed by atoms with Crippen LogP contribution in [0, 0.1) is 11.2 Å². The van der Waals surface area contributed by atoms with Crippen molar-refractivity contribution >= 4 is 23.2 Å². The Balaban J connectivity index is 2.79. The minimum Gasteiger partial charge on any atom is -0.396 e. The van der Waals surface area contributed by atoms with Crippen LogP contribution in [-0.2, 0) is 0 Å². The van der Waals surface area contributed by atoms with Crippen LogP contribution in [0.25, 0.3) is 0 Å². The molecule has 0 aliphatic rings. The summed E-state index contributed by atoms with van der Waals surface area (Å²) in [6.07, 6.45) is 0. The molecule has 0 aliphatic carbocycles. The third kappa shape index (κ3) is 4.09. The van der Waals surface area contributed by atoms with Gasteiger partial charge >= 0.3 is 0 Å². The van der Waals surface area contributed by atoms with E-state index in [1.165, 1.54) is 12.1 Å². The van der Waals surface area contributed by atoms with Crippen LogP contribution in [0.15, 0.2) is 12.1 Å². The number of aliphatic hydroxyl groups excluding tert-OH is 1. The van der Waals surface area contributed by atoms with Gasteiger partial charge < -0.3 is 10.4 Å². The summed E-state index contributed by atoms with van der Waals surface area (Å²) < 4.78 is 13.4. The molecule has 1 aromatic carbocycles. The molecule has 2 N–H and O–H groups in total. The van der Waals surface area contributed by atoms with Gasteiger partial charge in [0.1, 0.15) is 5.82 Å². The van der Waals surface area contributed by atoms with Gasteiger partial charge in [0.05, 0.1) is 5.02 Å². The van der Waals surface area contributed by atoms with Gasteiger partial charge in [0.15, 0.2) is 0 Å². The first kappa shape index (κ1) is 15.7. The molecule has 1 rings (SSSR count). The highest BCUT2D eigenvalue weighted by Gasteiger charge is 2.19. The fourth-order valence-electron chi connectivity index (χ4n) is 1.47. The van der Waals surface area contributed by atoms with Gasteiger partial charge in [0.2, 0.25) is 0 Å². The molecule has 0 spiro atoms. The van der Waals surface area contributed by atoms with Crippen LogP contribution in [0.1, 0.15) is 32.4 Å². The molecule has 0 heterocycles. The van der Waals surface area contributed by atoms with E-state index in [4.69, 9.17) is 28.3 Å². The quantitative estimate of drug-likeness (QED) is 0.810. The first-order valence-corrected chi connectivity index (χ1v) is 6.51. The highest BCUT2D eigenvalue weighted by molar-refractivity contribution is 6.35. The Morgan fingerprint density at radius 1 is 1.33 bits per heavy atom. The van der Waals surface area contributed by atoms with E-state index in [0.29, 0.717) is 17.1 Å². The Kier molecular flexibility index (Phi) is 5.41. The molecule has 0 aromatic heterocycles. The minimum atomic E-state index is -0.480. The van der Waals surface area contributed by atoms with E-state index in [0.717, 1.165) is 0 Å². The highest BCUT2D eigenvalue weighted by Crippen LogP contribution is 2.29. The van der Waals surface area contributed by atoms with E-state index in [1.807, 2.05) is 20.8 Å². The van der Waals surface area contributed by atoms with Gasteiger partial charge in [-0.05, 0) is 24.6 Å². The van der Waals surface area contributed by atoms with Crippen LogP contribution in [0.3, 0.4) is 0 Å². The number of hydrogen-bond donors (Lipinski definition) is 2. The van der Waals surface area contributed by atoms with Crippen LogP contribution in [0.2, 0.25) is 10.0 Å². The summed E-state index contributed by atoms with van der Waals surface area (Å²) in [5.74, 6) is -0.480. The van der Waals surface area contributed by atoms with E-state index >= 15 is 0 Å². The second-order valence-corrected chi connectivity index (χ2v) is 6.03. The fraction of sp³-hybridized carbons (Fsp3) is 0.538. The third-order valence-corrected chi connectivity index (χ3v) is 3.44. The van der Waals surface area contributed by atoms with Crippen molar-refractivity contribution < 1.29 is 9.50 Å². The molecule has 1 atom stereocenters. The van der Waals surface area contributed by atoms with Crippen molar-refractivity contribution in [3.63, 3.8) is 0 Å². The second kappa shape index (κ2) is 6.20. The van der Waals surface area contributed by atoms with Crippen molar-refractivity contribution in [2.24, 2.45) is 5.41 Å². The number of halogens is 3. The maximum absolute atomic E-state index is 13.4. The molecule has 0 saturated carbocycles. The predicted molar refractivity (Wildman–Crippen MR) is 73.7 cm³/mol. The molecule has 2 nitrogen and oxygen atoms in total. The average molecular weight is 294 g/mol. The van der Waals surface area contributed by atoms with E-state index in [9.17, 15) is 4.39 Å². The lowest BCUT2D eigenvalue weighted by Crippen LogP contribution is -2.33. The molecule has 0 aliphatic heterocycles. The van der Waals surface area contributed by atoms with Crippen LogP contribution in [0.4, 0.5) is 4.39 Å². The molecule has 0 radical (unpaired) electrons. The smallest absolute Gasteiger partial charge is 0.142 e. The zero-order valence-electron chi connectivity index (χ0n) is 10.7. The van der Waals surface area contributed by atoms with Gasteiger partial charge in [-0.2, -0.15) is 0 Å². The van der Waals surface area contributed by atoms with Crippen molar-refractivity contribution in [3.8, 4) is 0 Å². The van der Waals surface area contributed by atoms with Crippen LogP contribution >= 0.6 is 23.2 Å². The van der Waals surface area contributed by atoms with E-state index < -0.39 is 5.82 Å². The normalized spacial score (nSPS) is 13.7. The summed E-state index contributed by atoms with van der Waals surface area (Å²) in [4.78, 5) is 0. The van der Waals surface area contributed by atoms with Gasteiger partial charge in [0, 0.05) is 29.6 Å². The Morgan fingerprint density at radius 3 is 2.50 bits per heavy atom. The Hall–Kier alpha value is -0.350. The number of rotatable bonds is 5. The molecule has 0 amide bonds. The SMILES string of the molecule is CC(NCC(C)(C)CO)c1cc(F)c(Cl)cc1Cl. The maximum atomic E-state index is 13.4. The summed E-state index contributed by atoms with van der Waals surface area (Å²) in [6.45, 7) is 6.45. The van der Waals surface area contributed by atoms with E-state index in [-0.39, 0.29) is 23.1 Å². The van der Waals surface area contributed by atoms with Gasteiger partial charge in [-0.15, -0.1) is 0 Å². The predicted octanol–water partition coefficient (Wildman–Crippen LogP) is 3.80. The second-order valence-electron chi connectivity index (χ2n) is 5.21. The van der Waals surface area contributed by atoms with Gasteiger partial charge in [-0.25, -0.2) is 4.39 Å². The first-order chi connectivity index (χ1) is 8.26. The molecule has 0 saturated heterocycles. The van der Waals surface area contributed by atoms with Crippen molar-refractivity contribution in [1.29, 1.82) is 0 Å². The number of aliphatic hydroxyl groups is 1. The Labute approximate surface area is 117 Å². The maximum Gasteiger partial charge on any atom is 0.142 e. The number of hydrogen-bond acceptors (Lipinski definition) is 2. The lowest BCUT2D eigenvalue weighted by Gasteiger charge is -2.25. The fourth-order valence-corrected chi connectivity index (χ4v) is 2.01. The molecule has 1 unspecified atom stereocenters. The zero-order valence-corrected chi connectivity index (χ0v) is 12.2. The summed E-state index contributed by atoms with van der Waals surface area (Å²) in [6, 6.07) is 2.63. The zero-order chi connectivity index (χ0) is 13.9. The Bertz CT molecular complexity index is 424. The molecule has 102 valence electrons. The summed E-state index contributed by atoms with van der Waals surface area (Å²) >= 11 is 11.7. The minimum absolute atomic E-state index is 0.0200. The van der Waals surface area contributed by atoms with E-state index in [2.05, 4.69) is 5.32 Å². The monoisotopic (exact) mass is 293 g/mol. The summed E-state index contributed by atoms with van der Waals surface area (Å²) in [5.41, 5.74) is 0.429. The van der Waals surface area contributed by atoms with Gasteiger partial charge in [-0.1, -0.05) is 37.0 Å². The molecule has 0 bridgehead atoms. The largest absolute Gasteiger partial charge is 0.396 e. The van der Waals surface area contributed by atoms with Crippen molar-refractivity contribution in [2.75, 3.05) is 13.2 Å². The standard InChI is InChI=1S/C13H18Cl2FNO/c1-8(17-6-13(2,3)7-18)9-4-12(16)11(15)5-10(9)14/h4-5,8,17-18H,6-7H2,1-3H3. The van der Waals surface area contributed by atoms with Crippen molar-refractivity contribution in [2.45, 2.75) is 26.8 Å². The lowest BCUT2D eigenvalue weighted by atomic mass is 9.94. The van der Waals surface area contributed by atoms with Gasteiger partial charge in [0.25, 0.3) is 0 Å².